The van der Waals surface area contributed by atoms with Crippen molar-refractivity contribution in [2.75, 3.05) is 0 Å². The van der Waals surface area contributed by atoms with Gasteiger partial charge in [0.15, 0.2) is 4.98 Å². The summed E-state index contributed by atoms with van der Waals surface area (Å²) < 4.78 is 38.7. The Bertz CT molecular complexity index is 386. The van der Waals surface area contributed by atoms with Crippen LogP contribution in [0.4, 0.5) is 18.9 Å². The largest absolute Gasteiger partial charge is 0.573 e. The molecule has 0 aliphatic carbocycles. The van der Waals surface area contributed by atoms with Gasteiger partial charge in [0.05, 0.1) is 0 Å². The molecule has 0 bridgehead atoms. The molecule has 0 amide bonds. The molecule has 1 rings (SSSR count). The first-order chi connectivity index (χ1) is 6.42. The van der Waals surface area contributed by atoms with E-state index in [0.717, 1.165) is 18.2 Å². The Hall–Kier alpha value is -1.48. The Morgan fingerprint density at radius 3 is 2.43 bits per heavy atom. The highest BCUT2D eigenvalue weighted by atomic mass is 35.5. The number of rotatable bonds is 1. The van der Waals surface area contributed by atoms with E-state index in [0.29, 0.717) is 0 Å². The highest BCUT2D eigenvalue weighted by Gasteiger charge is 2.31. The van der Waals surface area contributed by atoms with E-state index in [-0.39, 0.29) is 10.7 Å². The van der Waals surface area contributed by atoms with Crippen LogP contribution in [0.2, 0.25) is 5.02 Å². The first kappa shape index (κ1) is 10.6. The molecule has 1 aromatic rings. The van der Waals surface area contributed by atoms with Crippen LogP contribution in [0.3, 0.4) is 0 Å². The van der Waals surface area contributed by atoms with Gasteiger partial charge in [-0.2, -0.15) is 0 Å². The predicted octanol–water partition coefficient (Wildman–Crippen LogP) is 3.72. The smallest absolute Gasteiger partial charge is 0.406 e. The Kier molecular flexibility index (Phi) is 2.81. The molecule has 3 nitrogen and oxygen atoms in total. The second-order valence-electron chi connectivity index (χ2n) is 2.26. The zero-order valence-corrected chi connectivity index (χ0v) is 7.30. The Labute approximate surface area is 81.7 Å². The third-order valence-corrected chi connectivity index (χ3v) is 1.56. The summed E-state index contributed by atoms with van der Waals surface area (Å²) in [7, 11) is 0. The fraction of sp³-hybridized carbons (Fsp3) is 0.143. The molecule has 1 aromatic carbocycles. The van der Waals surface area contributed by atoms with Gasteiger partial charge in [-0.05, 0) is 6.07 Å². The third-order valence-electron chi connectivity index (χ3n) is 1.26. The van der Waals surface area contributed by atoms with Crippen LogP contribution < -0.4 is 4.74 Å². The van der Waals surface area contributed by atoms with Crippen molar-refractivity contribution in [2.45, 2.75) is 6.36 Å². The molecule has 0 aromatic heterocycles. The summed E-state index contributed by atoms with van der Waals surface area (Å²) in [6, 6.07) is 3.00. The molecule has 0 aliphatic rings. The summed E-state index contributed by atoms with van der Waals surface area (Å²) in [6.45, 7) is 0. The Morgan fingerprint density at radius 1 is 1.36 bits per heavy atom. The van der Waals surface area contributed by atoms with Gasteiger partial charge in [-0.15, -0.1) is 13.2 Å². The normalized spacial score (nSPS) is 10.8. The van der Waals surface area contributed by atoms with Crippen molar-refractivity contribution >= 4 is 17.3 Å². The zero-order chi connectivity index (χ0) is 10.8. The molecule has 74 valence electrons. The standard InChI is InChI=1S/C7H3ClF3N2O/c8-5-3-4(14-7(9,10)11)1-2-6(5)13-12/h1-3H/q+1. The number of diazo groups is 1. The molecule has 7 heteroatoms. The van der Waals surface area contributed by atoms with Crippen molar-refractivity contribution in [3.63, 3.8) is 0 Å². The van der Waals surface area contributed by atoms with Gasteiger partial charge < -0.3 is 4.74 Å². The van der Waals surface area contributed by atoms with E-state index in [2.05, 4.69) is 9.71 Å². The second kappa shape index (κ2) is 3.72. The monoisotopic (exact) mass is 223 g/mol. The van der Waals surface area contributed by atoms with Crippen LogP contribution in [0.15, 0.2) is 18.2 Å². The molecular formula is C7H3ClF3N2O+. The average molecular weight is 224 g/mol. The van der Waals surface area contributed by atoms with E-state index in [1.54, 1.807) is 0 Å². The molecular weight excluding hydrogens is 221 g/mol. The van der Waals surface area contributed by atoms with Gasteiger partial charge in [0, 0.05) is 12.1 Å². The molecule has 0 heterocycles. The van der Waals surface area contributed by atoms with Crippen LogP contribution >= 0.6 is 11.6 Å². The van der Waals surface area contributed by atoms with E-state index < -0.39 is 12.1 Å². The summed E-state index contributed by atoms with van der Waals surface area (Å²) in [5.41, 5.74) is -0.0267. The lowest BCUT2D eigenvalue weighted by molar-refractivity contribution is -0.274. The number of nitrogens with zero attached hydrogens (tertiary/aromatic N) is 2. The maximum atomic E-state index is 11.7. The molecule has 14 heavy (non-hydrogen) atoms. The van der Waals surface area contributed by atoms with Crippen molar-refractivity contribution in [1.82, 2.24) is 0 Å². The van der Waals surface area contributed by atoms with Crippen LogP contribution in [0, 0.1) is 5.39 Å². The van der Waals surface area contributed by atoms with Crippen LogP contribution in [0.1, 0.15) is 0 Å². The number of hydrogen-bond donors (Lipinski definition) is 0. The minimum atomic E-state index is -4.76. The summed E-state index contributed by atoms with van der Waals surface area (Å²) in [4.78, 5) is 2.74. The SMILES string of the molecule is N#[N+]c1ccc(OC(F)(F)F)cc1Cl. The minimum absolute atomic E-state index is 0.0267. The van der Waals surface area contributed by atoms with Crippen LogP contribution in [-0.4, -0.2) is 6.36 Å². The van der Waals surface area contributed by atoms with Crippen molar-refractivity contribution in [1.29, 1.82) is 5.39 Å². The Balaban J connectivity index is 2.94. The fourth-order valence-corrected chi connectivity index (χ4v) is 0.974. The molecule has 0 spiro atoms. The van der Waals surface area contributed by atoms with Gasteiger partial charge in [-0.3, -0.25) is 0 Å². The molecule has 0 fully saturated rings. The maximum Gasteiger partial charge on any atom is 0.573 e. The number of alkyl halides is 3. The molecule has 0 N–H and O–H groups in total. The highest BCUT2D eigenvalue weighted by Crippen LogP contribution is 2.31. The molecule has 0 unspecified atom stereocenters. The van der Waals surface area contributed by atoms with Crippen molar-refractivity contribution in [3.05, 3.63) is 28.2 Å². The molecule has 0 saturated heterocycles. The van der Waals surface area contributed by atoms with Crippen LogP contribution in [-0.2, 0) is 0 Å². The van der Waals surface area contributed by atoms with E-state index in [1.165, 1.54) is 0 Å². The Morgan fingerprint density at radius 2 is 2.00 bits per heavy atom. The molecule has 0 radical (unpaired) electrons. The van der Waals surface area contributed by atoms with Gasteiger partial charge >= 0.3 is 12.0 Å². The summed E-state index contributed by atoms with van der Waals surface area (Å²) in [5, 5.41) is 8.19. The maximum absolute atomic E-state index is 11.7. The van der Waals surface area contributed by atoms with E-state index in [4.69, 9.17) is 17.0 Å². The number of hydrogen-bond acceptors (Lipinski definition) is 2. The summed E-state index contributed by atoms with van der Waals surface area (Å²) in [5.74, 6) is -0.463. The van der Waals surface area contributed by atoms with Crippen molar-refractivity contribution in [2.24, 2.45) is 0 Å². The molecule has 0 atom stereocenters. The fourth-order valence-electron chi connectivity index (χ4n) is 0.766. The first-order valence-electron chi connectivity index (χ1n) is 3.33. The minimum Gasteiger partial charge on any atom is -0.406 e. The first-order valence-corrected chi connectivity index (χ1v) is 3.70. The zero-order valence-electron chi connectivity index (χ0n) is 6.55. The highest BCUT2D eigenvalue weighted by molar-refractivity contribution is 6.33. The van der Waals surface area contributed by atoms with Crippen LogP contribution in [0.5, 0.6) is 5.75 Å². The third kappa shape index (κ3) is 2.78. The van der Waals surface area contributed by atoms with Crippen molar-refractivity contribution in [3.8, 4) is 5.75 Å². The number of ether oxygens (including phenoxy) is 1. The quantitative estimate of drug-likeness (QED) is 0.681. The lowest BCUT2D eigenvalue weighted by Crippen LogP contribution is -2.16. The number of halogens is 4. The topological polar surface area (TPSA) is 37.4 Å². The van der Waals surface area contributed by atoms with Crippen molar-refractivity contribution < 1.29 is 17.9 Å². The van der Waals surface area contributed by atoms with E-state index in [1.807, 2.05) is 0 Å². The molecule has 0 saturated carbocycles. The second-order valence-corrected chi connectivity index (χ2v) is 2.67. The van der Waals surface area contributed by atoms with Gasteiger partial charge in [0.2, 0.25) is 5.39 Å². The van der Waals surface area contributed by atoms with Gasteiger partial charge in [-0.25, -0.2) is 0 Å². The molecule has 0 aliphatic heterocycles. The van der Waals surface area contributed by atoms with Gasteiger partial charge in [0.1, 0.15) is 10.8 Å². The van der Waals surface area contributed by atoms with E-state index >= 15 is 0 Å². The van der Waals surface area contributed by atoms with Crippen LogP contribution in [0.25, 0.3) is 4.98 Å². The van der Waals surface area contributed by atoms with Gasteiger partial charge in [0.25, 0.3) is 0 Å². The lowest BCUT2D eigenvalue weighted by Gasteiger charge is -2.07. The van der Waals surface area contributed by atoms with E-state index in [9.17, 15) is 13.2 Å². The predicted molar refractivity (Wildman–Crippen MR) is 42.9 cm³/mol. The number of benzene rings is 1. The van der Waals surface area contributed by atoms with Gasteiger partial charge in [-0.1, -0.05) is 11.6 Å². The average Bonchev–Trinajstić information content (AvgIpc) is 2.01. The summed E-state index contributed by atoms with van der Waals surface area (Å²) in [6.07, 6.45) is -4.76. The lowest BCUT2D eigenvalue weighted by atomic mass is 10.3. The summed E-state index contributed by atoms with van der Waals surface area (Å²) >= 11 is 5.46.